The Bertz CT molecular complexity index is 1090. The van der Waals surface area contributed by atoms with Gasteiger partial charge in [-0.05, 0) is 42.8 Å². The van der Waals surface area contributed by atoms with Crippen LogP contribution in [0.1, 0.15) is 12.5 Å². The van der Waals surface area contributed by atoms with Crippen LogP contribution in [-0.2, 0) is 16.1 Å². The molecule has 0 aliphatic carbocycles. The summed E-state index contributed by atoms with van der Waals surface area (Å²) in [6.07, 6.45) is 3.14. The number of hydrogen-bond acceptors (Lipinski definition) is 6. The molecule has 3 aromatic rings. The van der Waals surface area contributed by atoms with E-state index in [-0.39, 0.29) is 25.0 Å². The van der Waals surface area contributed by atoms with E-state index in [0.717, 1.165) is 11.0 Å². The molecule has 9 heteroatoms. The van der Waals surface area contributed by atoms with E-state index < -0.39 is 0 Å². The van der Waals surface area contributed by atoms with Crippen molar-refractivity contribution in [2.24, 2.45) is 5.10 Å². The molecule has 0 aliphatic rings. The number of benzene rings is 2. The van der Waals surface area contributed by atoms with Gasteiger partial charge in [-0.25, -0.2) is 10.4 Å². The predicted octanol–water partition coefficient (Wildman–Crippen LogP) is 2.05. The van der Waals surface area contributed by atoms with E-state index in [2.05, 4.69) is 15.5 Å². The van der Waals surface area contributed by atoms with Crippen molar-refractivity contribution < 1.29 is 19.1 Å². The third kappa shape index (κ3) is 5.81. The molecule has 0 radical (unpaired) electrons. The molecule has 0 saturated carbocycles. The van der Waals surface area contributed by atoms with Crippen molar-refractivity contribution in [2.75, 3.05) is 27.3 Å². The van der Waals surface area contributed by atoms with Crippen LogP contribution in [-0.4, -0.2) is 59.8 Å². The molecule has 0 spiro atoms. The number of nitrogens with zero attached hydrogens (tertiary/aromatic N) is 4. The first-order valence-electron chi connectivity index (χ1n) is 9.79. The maximum atomic E-state index is 12.2. The summed E-state index contributed by atoms with van der Waals surface area (Å²) in [5, 5.41) is 4.02. The molecule has 1 heterocycles. The molecule has 0 fully saturated rings. The van der Waals surface area contributed by atoms with Gasteiger partial charge in [-0.1, -0.05) is 12.1 Å². The van der Waals surface area contributed by atoms with Crippen molar-refractivity contribution in [1.82, 2.24) is 19.9 Å². The van der Waals surface area contributed by atoms with Gasteiger partial charge < -0.3 is 18.9 Å². The topological polar surface area (TPSA) is 98.0 Å². The fourth-order valence-electron chi connectivity index (χ4n) is 2.77. The first-order chi connectivity index (χ1) is 15.0. The summed E-state index contributed by atoms with van der Waals surface area (Å²) in [7, 11) is 3.33. The van der Waals surface area contributed by atoms with Crippen LogP contribution in [0.25, 0.3) is 11.0 Å². The fraction of sp³-hybridized carbons (Fsp3) is 0.273. The van der Waals surface area contributed by atoms with Gasteiger partial charge in [-0.2, -0.15) is 5.10 Å². The molecule has 2 aromatic carbocycles. The Morgan fingerprint density at radius 2 is 1.97 bits per heavy atom. The van der Waals surface area contributed by atoms with Crippen LogP contribution in [0.3, 0.4) is 0 Å². The SMILES string of the molecule is CCOc1cc(/C=N/NC(=O)Cn2cnc3ccccc32)ccc1OCC(=O)N(C)C. The Morgan fingerprint density at radius 3 is 2.74 bits per heavy atom. The lowest BCUT2D eigenvalue weighted by Gasteiger charge is -2.14. The van der Waals surface area contributed by atoms with Crippen molar-refractivity contribution in [1.29, 1.82) is 0 Å². The normalized spacial score (nSPS) is 10.9. The third-order valence-corrected chi connectivity index (χ3v) is 4.36. The van der Waals surface area contributed by atoms with Gasteiger partial charge in [0.1, 0.15) is 6.54 Å². The Kier molecular flexibility index (Phi) is 7.21. The van der Waals surface area contributed by atoms with Crippen LogP contribution in [0, 0.1) is 0 Å². The number of fused-ring (bicyclic) bond motifs is 1. The Morgan fingerprint density at radius 1 is 1.16 bits per heavy atom. The molecule has 31 heavy (non-hydrogen) atoms. The number of hydrogen-bond donors (Lipinski definition) is 1. The molecular weight excluding hydrogens is 398 g/mol. The van der Waals surface area contributed by atoms with Crippen molar-refractivity contribution in [2.45, 2.75) is 13.5 Å². The average molecular weight is 423 g/mol. The van der Waals surface area contributed by atoms with E-state index in [1.165, 1.54) is 11.1 Å². The van der Waals surface area contributed by atoms with Gasteiger partial charge in [-0.3, -0.25) is 9.59 Å². The fourth-order valence-corrected chi connectivity index (χ4v) is 2.77. The zero-order valence-corrected chi connectivity index (χ0v) is 17.7. The summed E-state index contributed by atoms with van der Waals surface area (Å²) in [5.74, 6) is 0.535. The number of aromatic nitrogens is 2. The first kappa shape index (κ1) is 21.8. The second-order valence-electron chi connectivity index (χ2n) is 6.87. The average Bonchev–Trinajstić information content (AvgIpc) is 3.16. The second kappa shape index (κ2) is 10.2. The highest BCUT2D eigenvalue weighted by Gasteiger charge is 2.10. The number of imidazole rings is 1. The molecule has 3 rings (SSSR count). The van der Waals surface area contributed by atoms with Crippen LogP contribution in [0.5, 0.6) is 11.5 Å². The van der Waals surface area contributed by atoms with E-state index in [1.54, 1.807) is 43.2 Å². The minimum Gasteiger partial charge on any atom is -0.490 e. The van der Waals surface area contributed by atoms with E-state index >= 15 is 0 Å². The monoisotopic (exact) mass is 423 g/mol. The van der Waals surface area contributed by atoms with E-state index in [1.807, 2.05) is 31.2 Å². The number of carbonyl (C=O) groups excluding carboxylic acids is 2. The van der Waals surface area contributed by atoms with Crippen LogP contribution < -0.4 is 14.9 Å². The molecule has 1 N–H and O–H groups in total. The molecule has 9 nitrogen and oxygen atoms in total. The van der Waals surface area contributed by atoms with Gasteiger partial charge in [0.25, 0.3) is 11.8 Å². The van der Waals surface area contributed by atoms with Crippen LogP contribution in [0.4, 0.5) is 0 Å². The van der Waals surface area contributed by atoms with Gasteiger partial charge in [0.05, 0.1) is 30.2 Å². The quantitative estimate of drug-likeness (QED) is 0.420. The van der Waals surface area contributed by atoms with E-state index in [9.17, 15) is 9.59 Å². The number of likely N-dealkylation sites (N-methyl/N-ethyl adjacent to an activating group) is 1. The minimum absolute atomic E-state index is 0.0838. The van der Waals surface area contributed by atoms with Crippen molar-refractivity contribution in [3.63, 3.8) is 0 Å². The maximum Gasteiger partial charge on any atom is 0.260 e. The first-order valence-corrected chi connectivity index (χ1v) is 9.79. The number of nitrogens with one attached hydrogen (secondary N) is 1. The highest BCUT2D eigenvalue weighted by molar-refractivity contribution is 5.84. The third-order valence-electron chi connectivity index (χ3n) is 4.36. The van der Waals surface area contributed by atoms with Crippen LogP contribution >= 0.6 is 0 Å². The largest absolute Gasteiger partial charge is 0.490 e. The smallest absolute Gasteiger partial charge is 0.260 e. The summed E-state index contributed by atoms with van der Waals surface area (Å²) in [6.45, 7) is 2.32. The Balaban J connectivity index is 1.61. The second-order valence-corrected chi connectivity index (χ2v) is 6.87. The molecule has 0 bridgehead atoms. The van der Waals surface area contributed by atoms with Gasteiger partial charge in [-0.15, -0.1) is 0 Å². The van der Waals surface area contributed by atoms with Crippen LogP contribution in [0.2, 0.25) is 0 Å². The van der Waals surface area contributed by atoms with E-state index in [0.29, 0.717) is 23.7 Å². The lowest BCUT2D eigenvalue weighted by molar-refractivity contribution is -0.130. The zero-order valence-electron chi connectivity index (χ0n) is 17.7. The molecule has 2 amide bonds. The number of hydrazone groups is 1. The number of amides is 2. The maximum absolute atomic E-state index is 12.2. The number of rotatable bonds is 9. The van der Waals surface area contributed by atoms with Gasteiger partial charge in [0.15, 0.2) is 18.1 Å². The molecule has 0 aliphatic heterocycles. The lowest BCUT2D eigenvalue weighted by Crippen LogP contribution is -2.27. The highest BCUT2D eigenvalue weighted by atomic mass is 16.5. The minimum atomic E-state index is -0.272. The van der Waals surface area contributed by atoms with Gasteiger partial charge in [0, 0.05) is 14.1 Å². The van der Waals surface area contributed by atoms with Crippen LogP contribution in [0.15, 0.2) is 53.9 Å². The number of ether oxygens (including phenoxy) is 2. The molecule has 162 valence electrons. The van der Waals surface area contributed by atoms with Crippen molar-refractivity contribution in [3.8, 4) is 11.5 Å². The summed E-state index contributed by atoms with van der Waals surface area (Å²) in [5.41, 5.74) is 4.93. The Hall–Kier alpha value is -3.88. The standard InChI is InChI=1S/C22H25N5O4/c1-4-30-20-11-16(9-10-19(20)31-14-22(29)26(2)3)12-24-25-21(28)13-27-15-23-17-7-5-6-8-18(17)27/h5-12,15H,4,13-14H2,1-3H3,(H,25,28)/b24-12+. The van der Waals surface area contributed by atoms with Gasteiger partial charge >= 0.3 is 0 Å². The Labute approximate surface area is 180 Å². The lowest BCUT2D eigenvalue weighted by atomic mass is 10.2. The summed E-state index contributed by atoms with van der Waals surface area (Å²) < 4.78 is 12.9. The summed E-state index contributed by atoms with van der Waals surface area (Å²) >= 11 is 0. The molecule has 0 unspecified atom stereocenters. The highest BCUT2D eigenvalue weighted by Crippen LogP contribution is 2.28. The molecular formula is C22H25N5O4. The number of carbonyl (C=O) groups is 2. The summed E-state index contributed by atoms with van der Waals surface area (Å²) in [6, 6.07) is 12.8. The van der Waals surface area contributed by atoms with Crippen molar-refractivity contribution >= 4 is 29.1 Å². The molecule has 1 aromatic heterocycles. The molecule has 0 saturated heterocycles. The predicted molar refractivity (Wildman–Crippen MR) is 117 cm³/mol. The number of para-hydroxylation sites is 2. The van der Waals surface area contributed by atoms with Crippen molar-refractivity contribution in [3.05, 3.63) is 54.4 Å². The van der Waals surface area contributed by atoms with E-state index in [4.69, 9.17) is 9.47 Å². The summed E-state index contributed by atoms with van der Waals surface area (Å²) in [4.78, 5) is 29.7. The van der Waals surface area contributed by atoms with Gasteiger partial charge in [0.2, 0.25) is 0 Å². The molecule has 0 atom stereocenters. The zero-order chi connectivity index (χ0) is 22.2.